The van der Waals surface area contributed by atoms with Gasteiger partial charge in [0.2, 0.25) is 0 Å². The molecule has 0 spiro atoms. The highest BCUT2D eigenvalue weighted by molar-refractivity contribution is 7.92. The highest BCUT2D eigenvalue weighted by Crippen LogP contribution is 2.27. The highest BCUT2D eigenvalue weighted by Gasteiger charge is 2.17. The molecule has 35 heavy (non-hydrogen) atoms. The number of ether oxygens (including phenoxy) is 1. The quantitative estimate of drug-likeness (QED) is 0.319. The van der Waals surface area contributed by atoms with Gasteiger partial charge in [-0.25, -0.2) is 17.8 Å². The van der Waals surface area contributed by atoms with Crippen molar-refractivity contribution >= 4 is 38.5 Å². The van der Waals surface area contributed by atoms with Gasteiger partial charge in [0.15, 0.2) is 11.6 Å². The Labute approximate surface area is 201 Å². The third kappa shape index (κ3) is 5.09. The lowest BCUT2D eigenvalue weighted by molar-refractivity contribution is 0.385. The van der Waals surface area contributed by atoms with Crippen LogP contribution in [0.1, 0.15) is 5.69 Å². The minimum absolute atomic E-state index is 0.0515. The molecule has 3 N–H and O–H groups in total. The molecule has 2 aromatic heterocycles. The second-order valence-corrected chi connectivity index (χ2v) is 9.04. The van der Waals surface area contributed by atoms with Crippen LogP contribution in [0.4, 0.5) is 10.1 Å². The maximum atomic E-state index is 14.0. The summed E-state index contributed by atoms with van der Waals surface area (Å²) >= 11 is 0. The van der Waals surface area contributed by atoms with E-state index in [9.17, 15) is 12.8 Å². The summed E-state index contributed by atoms with van der Waals surface area (Å²) in [5.41, 5.74) is 3.95. The van der Waals surface area contributed by atoms with Crippen molar-refractivity contribution in [1.82, 2.24) is 20.3 Å². The van der Waals surface area contributed by atoms with E-state index in [-0.39, 0.29) is 16.3 Å². The first-order valence-electron chi connectivity index (χ1n) is 10.3. The minimum atomic E-state index is -4.06. The summed E-state index contributed by atoms with van der Waals surface area (Å²) in [7, 11) is -1.03. The molecular weight excluding hydrogens is 471 g/mol. The molecule has 0 saturated carbocycles. The van der Waals surface area contributed by atoms with Crippen molar-refractivity contribution in [3.8, 4) is 16.9 Å². The maximum Gasteiger partial charge on any atom is 0.262 e. The normalized spacial score (nSPS) is 11.8. The van der Waals surface area contributed by atoms with Crippen LogP contribution in [0.5, 0.6) is 5.75 Å². The van der Waals surface area contributed by atoms with Gasteiger partial charge in [-0.15, -0.1) is 0 Å². The number of nitrogens with one attached hydrogen (secondary N) is 3. The van der Waals surface area contributed by atoms with Crippen LogP contribution in [0.3, 0.4) is 0 Å². The van der Waals surface area contributed by atoms with Crippen molar-refractivity contribution < 1.29 is 17.5 Å². The minimum Gasteiger partial charge on any atom is -0.494 e. The number of hydrogen-bond acceptors (Lipinski definition) is 8. The van der Waals surface area contributed by atoms with Crippen LogP contribution in [-0.4, -0.2) is 43.7 Å². The van der Waals surface area contributed by atoms with Crippen LogP contribution in [-0.2, 0) is 10.0 Å². The number of fused-ring (bicyclic) bond motifs is 1. The summed E-state index contributed by atoms with van der Waals surface area (Å²) in [4.78, 5) is 12.9. The summed E-state index contributed by atoms with van der Waals surface area (Å²) in [5.74, 6) is -0.834. The number of aromatic nitrogens is 3. The van der Waals surface area contributed by atoms with Crippen molar-refractivity contribution in [2.75, 3.05) is 18.9 Å². The van der Waals surface area contributed by atoms with Gasteiger partial charge in [0, 0.05) is 36.8 Å². The zero-order valence-corrected chi connectivity index (χ0v) is 19.6. The molecule has 11 heteroatoms. The van der Waals surface area contributed by atoms with E-state index in [1.165, 1.54) is 31.7 Å². The van der Waals surface area contributed by atoms with E-state index in [2.05, 4.69) is 25.0 Å². The second kappa shape index (κ2) is 9.85. The van der Waals surface area contributed by atoms with Crippen LogP contribution in [0.15, 0.2) is 72.2 Å². The predicted octanol–water partition coefficient (Wildman–Crippen LogP) is 3.85. The van der Waals surface area contributed by atoms with Gasteiger partial charge in [0.1, 0.15) is 0 Å². The summed E-state index contributed by atoms with van der Waals surface area (Å²) in [6.45, 7) is 0. The third-order valence-corrected chi connectivity index (χ3v) is 6.43. The molecule has 0 atom stereocenters. The van der Waals surface area contributed by atoms with Gasteiger partial charge in [0.25, 0.3) is 10.0 Å². The van der Waals surface area contributed by atoms with Crippen LogP contribution in [0.2, 0.25) is 0 Å². The lowest BCUT2D eigenvalue weighted by Gasteiger charge is -2.11. The van der Waals surface area contributed by atoms with Crippen LogP contribution < -0.4 is 14.8 Å². The van der Waals surface area contributed by atoms with E-state index < -0.39 is 15.8 Å². The van der Waals surface area contributed by atoms with Crippen molar-refractivity contribution in [1.29, 1.82) is 5.41 Å². The number of sulfonamides is 1. The van der Waals surface area contributed by atoms with Gasteiger partial charge in [0.05, 0.1) is 46.8 Å². The standard InChI is InChI=1S/C24H21FN6O3S/c1-27-11-17(10-26)23-14-29-21-5-3-15(8-22(21)30-23)16-7-18(13-28-12-16)31-35(32,33)19-4-6-24(34-2)20(25)9-19/h3-14,26-27,31H,1-2H3/b17-11+,26-10?. The Kier molecular flexibility index (Phi) is 6.69. The number of allylic oxidation sites excluding steroid dienone is 1. The van der Waals surface area contributed by atoms with Crippen LogP contribution in [0, 0.1) is 11.2 Å². The molecule has 0 fully saturated rings. The molecule has 4 rings (SSSR count). The Morgan fingerprint density at radius 1 is 1.06 bits per heavy atom. The number of nitrogens with zero attached hydrogens (tertiary/aromatic N) is 3. The van der Waals surface area contributed by atoms with Gasteiger partial charge in [-0.05, 0) is 42.0 Å². The number of halogens is 1. The average Bonchev–Trinajstić information content (AvgIpc) is 2.86. The second-order valence-electron chi connectivity index (χ2n) is 7.36. The molecule has 0 radical (unpaired) electrons. The number of anilines is 1. The van der Waals surface area contributed by atoms with Crippen molar-refractivity contribution in [2.45, 2.75) is 4.90 Å². The van der Waals surface area contributed by atoms with Gasteiger partial charge in [-0.1, -0.05) is 6.07 Å². The van der Waals surface area contributed by atoms with Crippen LogP contribution in [0.25, 0.3) is 27.7 Å². The Morgan fingerprint density at radius 2 is 1.89 bits per heavy atom. The SMILES string of the molecule is CN/C=C(\C=N)c1cnc2ccc(-c3cncc(NS(=O)(=O)c4ccc(OC)c(F)c4)c3)cc2n1. The van der Waals surface area contributed by atoms with Gasteiger partial charge >= 0.3 is 0 Å². The number of methoxy groups -OCH3 is 1. The van der Waals surface area contributed by atoms with Crippen LogP contribution >= 0.6 is 0 Å². The Bertz CT molecular complexity index is 1560. The molecule has 178 valence electrons. The topological polar surface area (TPSA) is 130 Å². The average molecular weight is 493 g/mol. The molecule has 0 bridgehead atoms. The number of benzene rings is 2. The molecule has 0 amide bonds. The highest BCUT2D eigenvalue weighted by atomic mass is 32.2. The maximum absolute atomic E-state index is 14.0. The summed E-state index contributed by atoms with van der Waals surface area (Å²) in [6, 6.07) is 10.4. The Balaban J connectivity index is 1.66. The number of rotatable bonds is 8. The fraction of sp³-hybridized carbons (Fsp3) is 0.0833. The summed E-state index contributed by atoms with van der Waals surface area (Å²) in [5, 5.41) is 10.5. The lowest BCUT2D eigenvalue weighted by Crippen LogP contribution is -2.13. The molecule has 0 aliphatic rings. The van der Waals surface area contributed by atoms with Gasteiger partial charge in [-0.2, -0.15) is 0 Å². The fourth-order valence-electron chi connectivity index (χ4n) is 3.36. The third-order valence-electron chi connectivity index (χ3n) is 5.05. The first-order valence-corrected chi connectivity index (χ1v) is 11.8. The van der Waals surface area contributed by atoms with Crippen molar-refractivity contribution in [2.24, 2.45) is 0 Å². The fourth-order valence-corrected chi connectivity index (χ4v) is 4.40. The molecule has 0 aliphatic carbocycles. The van der Waals surface area contributed by atoms with Crippen molar-refractivity contribution in [3.05, 3.63) is 78.8 Å². The number of pyridine rings is 1. The monoisotopic (exact) mass is 492 g/mol. The first kappa shape index (κ1) is 23.8. The zero-order chi connectivity index (χ0) is 25.0. The zero-order valence-electron chi connectivity index (χ0n) is 18.8. The van der Waals surface area contributed by atoms with Gasteiger partial charge in [-0.3, -0.25) is 14.7 Å². The molecule has 2 heterocycles. The summed E-state index contributed by atoms with van der Waals surface area (Å²) in [6.07, 6.45) is 7.38. The molecule has 0 unspecified atom stereocenters. The van der Waals surface area contributed by atoms with E-state index in [1.807, 2.05) is 6.07 Å². The Morgan fingerprint density at radius 3 is 2.60 bits per heavy atom. The molecule has 0 aliphatic heterocycles. The predicted molar refractivity (Wildman–Crippen MR) is 132 cm³/mol. The molecule has 4 aromatic rings. The van der Waals surface area contributed by atoms with Gasteiger partial charge < -0.3 is 15.5 Å². The molecule has 0 saturated heterocycles. The van der Waals surface area contributed by atoms with E-state index in [1.54, 1.807) is 43.8 Å². The molecular formula is C24H21FN6O3S. The largest absolute Gasteiger partial charge is 0.494 e. The smallest absolute Gasteiger partial charge is 0.262 e. The summed E-state index contributed by atoms with van der Waals surface area (Å²) < 4.78 is 46.8. The van der Waals surface area contributed by atoms with E-state index in [0.29, 0.717) is 27.9 Å². The molecule has 9 nitrogen and oxygen atoms in total. The lowest BCUT2D eigenvalue weighted by atomic mass is 10.1. The first-order chi connectivity index (χ1) is 16.8. The number of hydrogen-bond donors (Lipinski definition) is 3. The van der Waals surface area contributed by atoms with Crippen molar-refractivity contribution in [3.63, 3.8) is 0 Å². The van der Waals surface area contributed by atoms with E-state index in [4.69, 9.17) is 10.1 Å². The van der Waals surface area contributed by atoms with E-state index >= 15 is 0 Å². The van der Waals surface area contributed by atoms with E-state index in [0.717, 1.165) is 11.6 Å². The molecule has 2 aromatic carbocycles. The Hall–Kier alpha value is -4.38.